The molecule has 2 N–H and O–H groups in total. The predicted octanol–water partition coefficient (Wildman–Crippen LogP) is 2.21. The molecule has 1 fully saturated rings. The average Bonchev–Trinajstić information content (AvgIpc) is 2.83. The first-order chi connectivity index (χ1) is 8.63. The van der Waals surface area contributed by atoms with Crippen LogP contribution in [0.1, 0.15) is 24.9 Å². The van der Waals surface area contributed by atoms with Gasteiger partial charge >= 0.3 is 0 Å². The van der Waals surface area contributed by atoms with E-state index in [9.17, 15) is 5.11 Å². The van der Waals surface area contributed by atoms with Crippen molar-refractivity contribution in [3.8, 4) is 5.75 Å². The highest BCUT2D eigenvalue weighted by Gasteiger charge is 2.31. The molecule has 0 radical (unpaired) electrons. The van der Waals surface area contributed by atoms with E-state index in [1.165, 1.54) is 5.56 Å². The van der Waals surface area contributed by atoms with Crippen LogP contribution in [0.25, 0.3) is 0 Å². The third-order valence-corrected chi connectivity index (χ3v) is 4.67. The van der Waals surface area contributed by atoms with Gasteiger partial charge in [-0.25, -0.2) is 0 Å². The van der Waals surface area contributed by atoms with Crippen LogP contribution in [0.4, 0.5) is 0 Å². The summed E-state index contributed by atoms with van der Waals surface area (Å²) in [5.41, 5.74) is 0.691. The van der Waals surface area contributed by atoms with Gasteiger partial charge in [-0.2, -0.15) is 11.8 Å². The first kappa shape index (κ1) is 13.7. The Morgan fingerprint density at radius 3 is 2.72 bits per heavy atom. The number of aliphatic hydroxyl groups is 1. The lowest BCUT2D eigenvalue weighted by molar-refractivity contribution is 0.0651. The molecule has 1 aromatic rings. The second-order valence-corrected chi connectivity index (χ2v) is 6.01. The Hall–Kier alpha value is -0.710. The molecule has 0 amide bonds. The Morgan fingerprint density at radius 1 is 1.44 bits per heavy atom. The molecule has 0 spiro atoms. The summed E-state index contributed by atoms with van der Waals surface area (Å²) in [5, 5.41) is 13.7. The van der Waals surface area contributed by atoms with Gasteiger partial charge in [0.25, 0.3) is 0 Å². The van der Waals surface area contributed by atoms with Crippen LogP contribution in [0.15, 0.2) is 24.3 Å². The minimum atomic E-state index is -0.522. The van der Waals surface area contributed by atoms with Gasteiger partial charge in [0.15, 0.2) is 0 Å². The number of nitrogens with one attached hydrogen (secondary N) is 1. The average molecular weight is 267 g/mol. The van der Waals surface area contributed by atoms with Gasteiger partial charge in [-0.1, -0.05) is 12.1 Å². The van der Waals surface area contributed by atoms with Gasteiger partial charge in [-0.3, -0.25) is 0 Å². The Bertz CT molecular complexity index is 374. The fourth-order valence-electron chi connectivity index (χ4n) is 2.09. The van der Waals surface area contributed by atoms with Gasteiger partial charge in [0, 0.05) is 18.3 Å². The monoisotopic (exact) mass is 267 g/mol. The first-order valence-corrected chi connectivity index (χ1v) is 7.46. The molecule has 3 nitrogen and oxygen atoms in total. The Morgan fingerprint density at radius 2 is 2.17 bits per heavy atom. The quantitative estimate of drug-likeness (QED) is 0.858. The highest BCUT2D eigenvalue weighted by atomic mass is 32.2. The zero-order chi connectivity index (χ0) is 13.0. The van der Waals surface area contributed by atoms with Crippen LogP contribution in [-0.4, -0.2) is 35.9 Å². The van der Waals surface area contributed by atoms with Crippen LogP contribution >= 0.6 is 11.8 Å². The van der Waals surface area contributed by atoms with Crippen LogP contribution in [-0.2, 0) is 0 Å². The van der Waals surface area contributed by atoms with Gasteiger partial charge < -0.3 is 15.2 Å². The van der Waals surface area contributed by atoms with E-state index < -0.39 is 5.60 Å². The second kappa shape index (κ2) is 5.95. The maximum atomic E-state index is 10.3. The molecular formula is C14H21NO2S. The lowest BCUT2D eigenvalue weighted by Crippen LogP contribution is -2.41. The van der Waals surface area contributed by atoms with Gasteiger partial charge in [-0.05, 0) is 36.8 Å². The number of hydrogen-bond donors (Lipinski definition) is 2. The second-order valence-electron chi connectivity index (χ2n) is 4.90. The summed E-state index contributed by atoms with van der Waals surface area (Å²) >= 11 is 1.83. The minimum absolute atomic E-state index is 0.241. The molecule has 0 bridgehead atoms. The van der Waals surface area contributed by atoms with E-state index in [1.807, 2.05) is 23.9 Å². The molecule has 1 heterocycles. The summed E-state index contributed by atoms with van der Waals surface area (Å²) in [7, 11) is 1.67. The first-order valence-electron chi connectivity index (χ1n) is 6.30. The molecule has 2 rings (SSSR count). The summed E-state index contributed by atoms with van der Waals surface area (Å²) in [6.45, 7) is 2.78. The molecule has 0 saturated carbocycles. The molecule has 0 aliphatic carbocycles. The van der Waals surface area contributed by atoms with Crippen molar-refractivity contribution in [2.75, 3.05) is 25.2 Å². The zero-order valence-electron chi connectivity index (χ0n) is 11.0. The molecule has 18 heavy (non-hydrogen) atoms. The maximum absolute atomic E-state index is 10.3. The van der Waals surface area contributed by atoms with Crippen molar-refractivity contribution in [3.05, 3.63) is 29.8 Å². The van der Waals surface area contributed by atoms with Crippen LogP contribution in [0.3, 0.4) is 0 Å². The summed E-state index contributed by atoms with van der Waals surface area (Å²) in [5.74, 6) is 2.78. The largest absolute Gasteiger partial charge is 0.497 e. The van der Waals surface area contributed by atoms with Gasteiger partial charge in [0.05, 0.1) is 12.7 Å². The van der Waals surface area contributed by atoms with Gasteiger partial charge in [-0.15, -0.1) is 0 Å². The summed E-state index contributed by atoms with van der Waals surface area (Å²) in [4.78, 5) is 0. The van der Waals surface area contributed by atoms with Gasteiger partial charge in [0.2, 0.25) is 0 Å². The molecule has 1 aliphatic rings. The number of benzene rings is 1. The molecule has 2 unspecified atom stereocenters. The summed E-state index contributed by atoms with van der Waals surface area (Å²) in [6, 6.07) is 8.29. The van der Waals surface area contributed by atoms with Crippen molar-refractivity contribution >= 4 is 11.8 Å². The fourth-order valence-corrected chi connectivity index (χ4v) is 3.38. The van der Waals surface area contributed by atoms with Crippen LogP contribution in [0.5, 0.6) is 5.75 Å². The fraction of sp³-hybridized carbons (Fsp3) is 0.571. The van der Waals surface area contributed by atoms with E-state index >= 15 is 0 Å². The van der Waals surface area contributed by atoms with E-state index in [2.05, 4.69) is 24.4 Å². The van der Waals surface area contributed by atoms with Crippen molar-refractivity contribution in [2.45, 2.75) is 25.0 Å². The topological polar surface area (TPSA) is 41.5 Å². The molecule has 1 aromatic carbocycles. The Kier molecular flexibility index (Phi) is 4.54. The molecule has 0 aromatic heterocycles. The Labute approximate surface area is 113 Å². The molecule has 4 heteroatoms. The predicted molar refractivity (Wildman–Crippen MR) is 76.3 cm³/mol. The number of rotatable bonds is 5. The third-order valence-electron chi connectivity index (χ3n) is 3.44. The number of ether oxygens (including phenoxy) is 1. The highest BCUT2D eigenvalue weighted by Crippen LogP contribution is 2.28. The van der Waals surface area contributed by atoms with Crippen molar-refractivity contribution in [2.24, 2.45) is 0 Å². The molecular weight excluding hydrogens is 246 g/mol. The van der Waals surface area contributed by atoms with E-state index in [-0.39, 0.29) is 6.04 Å². The third kappa shape index (κ3) is 3.40. The van der Waals surface area contributed by atoms with Crippen molar-refractivity contribution < 1.29 is 9.84 Å². The number of methoxy groups -OCH3 is 1. The van der Waals surface area contributed by atoms with E-state index in [0.717, 1.165) is 23.7 Å². The number of hydrogen-bond acceptors (Lipinski definition) is 4. The normalized spacial score (nSPS) is 25.1. The van der Waals surface area contributed by atoms with Crippen molar-refractivity contribution in [3.63, 3.8) is 0 Å². The SMILES string of the molecule is COc1ccc(C(C)NCC2(O)CCSC2)cc1. The molecule has 2 atom stereocenters. The zero-order valence-corrected chi connectivity index (χ0v) is 11.8. The minimum Gasteiger partial charge on any atom is -0.497 e. The molecule has 1 aliphatic heterocycles. The highest BCUT2D eigenvalue weighted by molar-refractivity contribution is 7.99. The van der Waals surface area contributed by atoms with E-state index in [0.29, 0.717) is 6.54 Å². The molecule has 1 saturated heterocycles. The van der Waals surface area contributed by atoms with E-state index in [4.69, 9.17) is 4.74 Å². The van der Waals surface area contributed by atoms with Crippen molar-refractivity contribution in [1.82, 2.24) is 5.32 Å². The standard InChI is InChI=1S/C14H21NO2S/c1-11(12-3-5-13(17-2)6-4-12)15-9-14(16)7-8-18-10-14/h3-6,11,15-16H,7-10H2,1-2H3. The van der Waals surface area contributed by atoms with Crippen molar-refractivity contribution in [1.29, 1.82) is 0 Å². The maximum Gasteiger partial charge on any atom is 0.118 e. The van der Waals surface area contributed by atoms with Gasteiger partial charge in [0.1, 0.15) is 5.75 Å². The molecule has 100 valence electrons. The Balaban J connectivity index is 1.88. The lowest BCUT2D eigenvalue weighted by Gasteiger charge is -2.24. The van der Waals surface area contributed by atoms with Crippen LogP contribution in [0, 0.1) is 0 Å². The number of thioether (sulfide) groups is 1. The smallest absolute Gasteiger partial charge is 0.118 e. The summed E-state index contributed by atoms with van der Waals surface area (Å²) in [6.07, 6.45) is 0.889. The summed E-state index contributed by atoms with van der Waals surface area (Å²) < 4.78 is 5.14. The van der Waals surface area contributed by atoms with Crippen LogP contribution < -0.4 is 10.1 Å². The van der Waals surface area contributed by atoms with Crippen LogP contribution in [0.2, 0.25) is 0 Å². The lowest BCUT2D eigenvalue weighted by atomic mass is 10.0. The van der Waals surface area contributed by atoms with E-state index in [1.54, 1.807) is 7.11 Å².